The van der Waals surface area contributed by atoms with Crippen LogP contribution in [0.25, 0.3) is 0 Å². The van der Waals surface area contributed by atoms with Crippen molar-refractivity contribution in [3.63, 3.8) is 0 Å². The number of rotatable bonds is 3. The van der Waals surface area contributed by atoms with Crippen LogP contribution in [0.2, 0.25) is 0 Å². The Morgan fingerprint density at radius 1 is 1.33 bits per heavy atom. The Labute approximate surface area is 107 Å². The lowest BCUT2D eigenvalue weighted by Crippen LogP contribution is -2.58. The fourth-order valence-electron chi connectivity index (χ4n) is 2.27. The van der Waals surface area contributed by atoms with Crippen molar-refractivity contribution in [3.8, 4) is 0 Å². The fraction of sp³-hybridized carbons (Fsp3) is 0.429. The number of hydrogen-bond donors (Lipinski definition) is 1. The van der Waals surface area contributed by atoms with Gasteiger partial charge in [0.1, 0.15) is 12.6 Å². The van der Waals surface area contributed by atoms with Gasteiger partial charge >= 0.3 is 0 Å². The van der Waals surface area contributed by atoms with Crippen molar-refractivity contribution in [1.29, 1.82) is 0 Å². The first-order valence-corrected chi connectivity index (χ1v) is 6.30. The van der Waals surface area contributed by atoms with Crippen LogP contribution in [0.15, 0.2) is 24.3 Å². The molecule has 0 spiro atoms. The lowest BCUT2D eigenvalue weighted by molar-refractivity contribution is -0.131. The number of carbonyl (C=O) groups is 2. The molecule has 1 aromatic rings. The zero-order valence-corrected chi connectivity index (χ0v) is 10.8. The third-order valence-electron chi connectivity index (χ3n) is 3.18. The number of nitrogens with one attached hydrogen (secondary N) is 1. The van der Waals surface area contributed by atoms with E-state index in [1.54, 1.807) is 4.90 Å². The van der Waals surface area contributed by atoms with Crippen LogP contribution in [0.3, 0.4) is 0 Å². The highest BCUT2D eigenvalue weighted by Crippen LogP contribution is 2.22. The van der Waals surface area contributed by atoms with Gasteiger partial charge in [-0.05, 0) is 25.0 Å². The van der Waals surface area contributed by atoms with E-state index in [0.29, 0.717) is 6.42 Å². The summed E-state index contributed by atoms with van der Waals surface area (Å²) in [6, 6.07) is 7.27. The van der Waals surface area contributed by atoms with Crippen molar-refractivity contribution in [3.05, 3.63) is 29.8 Å². The Morgan fingerprint density at radius 3 is 2.72 bits per heavy atom. The van der Waals surface area contributed by atoms with Gasteiger partial charge in [0, 0.05) is 5.69 Å². The highest BCUT2D eigenvalue weighted by Gasteiger charge is 2.33. The molecule has 1 aliphatic heterocycles. The molecule has 1 saturated heterocycles. The standard InChI is InChI=1S/C14H18N2O2/c1-3-6-11-14(18)16(9-13(17)15-11)12-8-5-4-7-10(12)2/h4-5,7-8,11H,3,6,9H2,1-2H3,(H,15,17). The first-order chi connectivity index (χ1) is 8.63. The van der Waals surface area contributed by atoms with Crippen LogP contribution in [0.5, 0.6) is 0 Å². The fourth-order valence-corrected chi connectivity index (χ4v) is 2.27. The van der Waals surface area contributed by atoms with Crippen LogP contribution in [-0.2, 0) is 9.59 Å². The van der Waals surface area contributed by atoms with Crippen LogP contribution in [-0.4, -0.2) is 24.4 Å². The average molecular weight is 246 g/mol. The highest BCUT2D eigenvalue weighted by molar-refractivity contribution is 6.06. The molecule has 1 atom stereocenters. The Bertz CT molecular complexity index is 471. The molecule has 18 heavy (non-hydrogen) atoms. The molecule has 2 rings (SSSR count). The van der Waals surface area contributed by atoms with Crippen LogP contribution < -0.4 is 10.2 Å². The van der Waals surface area contributed by atoms with Gasteiger partial charge in [-0.2, -0.15) is 0 Å². The Morgan fingerprint density at radius 2 is 2.06 bits per heavy atom. The number of aryl methyl sites for hydroxylation is 1. The minimum absolute atomic E-state index is 0.00856. The van der Waals surface area contributed by atoms with Crippen LogP contribution >= 0.6 is 0 Å². The minimum atomic E-state index is -0.379. The number of benzene rings is 1. The Kier molecular flexibility index (Phi) is 3.65. The Balaban J connectivity index is 2.29. The van der Waals surface area contributed by atoms with Gasteiger partial charge in [-0.3, -0.25) is 9.59 Å². The van der Waals surface area contributed by atoms with E-state index in [9.17, 15) is 9.59 Å². The molecular weight excluding hydrogens is 228 g/mol. The van der Waals surface area contributed by atoms with E-state index >= 15 is 0 Å². The normalized spacial score (nSPS) is 19.9. The molecule has 0 saturated carbocycles. The maximum Gasteiger partial charge on any atom is 0.250 e. The molecule has 1 aromatic carbocycles. The lowest BCUT2D eigenvalue weighted by Gasteiger charge is -2.33. The van der Waals surface area contributed by atoms with E-state index in [0.717, 1.165) is 17.7 Å². The molecule has 0 radical (unpaired) electrons. The molecule has 0 bridgehead atoms. The second-order valence-corrected chi connectivity index (χ2v) is 4.62. The van der Waals surface area contributed by atoms with Crippen molar-refractivity contribution in [2.24, 2.45) is 0 Å². The number of piperazine rings is 1. The van der Waals surface area contributed by atoms with Crippen LogP contribution in [0.1, 0.15) is 25.3 Å². The summed E-state index contributed by atoms with van der Waals surface area (Å²) in [7, 11) is 0. The van der Waals surface area contributed by atoms with E-state index in [1.807, 2.05) is 38.1 Å². The summed E-state index contributed by atoms with van der Waals surface area (Å²) < 4.78 is 0. The molecule has 1 N–H and O–H groups in total. The SMILES string of the molecule is CCCC1NC(=O)CN(c2ccccc2C)C1=O. The summed E-state index contributed by atoms with van der Waals surface area (Å²) in [5, 5.41) is 2.76. The zero-order valence-electron chi connectivity index (χ0n) is 10.8. The van der Waals surface area contributed by atoms with Crippen molar-refractivity contribution >= 4 is 17.5 Å². The quantitative estimate of drug-likeness (QED) is 0.881. The lowest BCUT2D eigenvalue weighted by atomic mass is 10.1. The summed E-state index contributed by atoms with van der Waals surface area (Å²) >= 11 is 0. The van der Waals surface area contributed by atoms with Gasteiger partial charge in [0.25, 0.3) is 0 Å². The highest BCUT2D eigenvalue weighted by atomic mass is 16.2. The van der Waals surface area contributed by atoms with Gasteiger partial charge in [-0.15, -0.1) is 0 Å². The van der Waals surface area contributed by atoms with E-state index < -0.39 is 0 Å². The van der Waals surface area contributed by atoms with Crippen LogP contribution in [0.4, 0.5) is 5.69 Å². The predicted octanol–water partition coefficient (Wildman–Crippen LogP) is 1.63. The molecule has 2 amide bonds. The number of amides is 2. The first-order valence-electron chi connectivity index (χ1n) is 6.30. The third-order valence-corrected chi connectivity index (χ3v) is 3.18. The van der Waals surface area contributed by atoms with Crippen molar-refractivity contribution in [2.45, 2.75) is 32.7 Å². The van der Waals surface area contributed by atoms with E-state index in [4.69, 9.17) is 0 Å². The molecule has 0 aromatic heterocycles. The summed E-state index contributed by atoms with van der Waals surface area (Å²) in [5.41, 5.74) is 1.84. The molecule has 4 nitrogen and oxygen atoms in total. The second-order valence-electron chi connectivity index (χ2n) is 4.62. The van der Waals surface area contributed by atoms with Crippen LogP contribution in [0, 0.1) is 6.92 Å². The number of nitrogens with zero attached hydrogens (tertiary/aromatic N) is 1. The zero-order chi connectivity index (χ0) is 13.1. The molecule has 4 heteroatoms. The van der Waals surface area contributed by atoms with Gasteiger partial charge in [0.05, 0.1) is 0 Å². The maximum atomic E-state index is 12.3. The number of hydrogen-bond acceptors (Lipinski definition) is 2. The number of carbonyl (C=O) groups excluding carboxylic acids is 2. The predicted molar refractivity (Wildman–Crippen MR) is 70.4 cm³/mol. The number of para-hydroxylation sites is 1. The van der Waals surface area contributed by atoms with Crippen molar-refractivity contribution in [1.82, 2.24) is 5.32 Å². The van der Waals surface area contributed by atoms with Gasteiger partial charge in [0.2, 0.25) is 11.8 Å². The molecule has 1 heterocycles. The van der Waals surface area contributed by atoms with Crippen molar-refractivity contribution in [2.75, 3.05) is 11.4 Å². The minimum Gasteiger partial charge on any atom is -0.343 e. The van der Waals surface area contributed by atoms with Gasteiger partial charge < -0.3 is 10.2 Å². The average Bonchev–Trinajstić information content (AvgIpc) is 2.34. The van der Waals surface area contributed by atoms with E-state index in [-0.39, 0.29) is 24.4 Å². The largest absolute Gasteiger partial charge is 0.343 e. The van der Waals surface area contributed by atoms with Gasteiger partial charge in [0.15, 0.2) is 0 Å². The van der Waals surface area contributed by atoms with Gasteiger partial charge in [-0.25, -0.2) is 0 Å². The summed E-state index contributed by atoms with van der Waals surface area (Å²) in [4.78, 5) is 25.6. The summed E-state index contributed by atoms with van der Waals surface area (Å²) in [6.45, 7) is 4.07. The molecule has 96 valence electrons. The Hall–Kier alpha value is -1.84. The molecule has 0 aliphatic carbocycles. The maximum absolute atomic E-state index is 12.3. The molecular formula is C14H18N2O2. The summed E-state index contributed by atoms with van der Waals surface area (Å²) in [5.74, 6) is -0.0953. The van der Waals surface area contributed by atoms with Crippen molar-refractivity contribution < 1.29 is 9.59 Å². The topological polar surface area (TPSA) is 49.4 Å². The van der Waals surface area contributed by atoms with E-state index in [2.05, 4.69) is 5.32 Å². The van der Waals surface area contributed by atoms with E-state index in [1.165, 1.54) is 0 Å². The monoisotopic (exact) mass is 246 g/mol. The molecule has 1 unspecified atom stereocenters. The summed E-state index contributed by atoms with van der Waals surface area (Å²) in [6.07, 6.45) is 1.56. The van der Waals surface area contributed by atoms with Gasteiger partial charge in [-0.1, -0.05) is 31.5 Å². The second kappa shape index (κ2) is 5.21. The number of anilines is 1. The molecule has 1 aliphatic rings. The smallest absolute Gasteiger partial charge is 0.250 e. The molecule has 1 fully saturated rings. The third kappa shape index (κ3) is 2.37. The first kappa shape index (κ1) is 12.6.